The van der Waals surface area contributed by atoms with Crippen molar-refractivity contribution >= 4 is 0 Å². The fourth-order valence-electron chi connectivity index (χ4n) is 1.96. The highest BCUT2D eigenvalue weighted by Crippen LogP contribution is 2.22. The Morgan fingerprint density at radius 1 is 1.10 bits per heavy atom. The lowest BCUT2D eigenvalue weighted by atomic mass is 10.1. The Kier molecular flexibility index (Phi) is 4.58. The minimum Gasteiger partial charge on any atom is -0.496 e. The van der Waals surface area contributed by atoms with Crippen LogP contribution in [0.25, 0.3) is 0 Å². The molecule has 0 atom stereocenters. The number of hydrogen-bond acceptors (Lipinski definition) is 3. The molecule has 0 fully saturated rings. The van der Waals surface area contributed by atoms with Crippen LogP contribution in [-0.4, -0.2) is 7.11 Å². The number of aryl methyl sites for hydroxylation is 1. The summed E-state index contributed by atoms with van der Waals surface area (Å²) in [5, 5.41) is 0. The summed E-state index contributed by atoms with van der Waals surface area (Å²) >= 11 is 0. The van der Waals surface area contributed by atoms with Crippen molar-refractivity contribution in [1.82, 2.24) is 0 Å². The van der Waals surface area contributed by atoms with Crippen LogP contribution in [0.15, 0.2) is 36.4 Å². The van der Waals surface area contributed by atoms with Crippen molar-refractivity contribution in [1.29, 1.82) is 0 Å². The Bertz CT molecular complexity index is 599. The van der Waals surface area contributed by atoms with Crippen molar-refractivity contribution < 1.29 is 13.9 Å². The first-order valence-corrected chi connectivity index (χ1v) is 6.39. The molecule has 0 amide bonds. The van der Waals surface area contributed by atoms with Crippen LogP contribution < -0.4 is 15.2 Å². The number of benzene rings is 2. The van der Waals surface area contributed by atoms with E-state index in [2.05, 4.69) is 0 Å². The Morgan fingerprint density at radius 2 is 1.90 bits per heavy atom. The highest BCUT2D eigenvalue weighted by molar-refractivity contribution is 5.37. The Labute approximate surface area is 118 Å². The Balaban J connectivity index is 2.12. The molecule has 0 saturated carbocycles. The van der Waals surface area contributed by atoms with Crippen LogP contribution in [0.4, 0.5) is 4.39 Å². The van der Waals surface area contributed by atoms with Crippen LogP contribution in [0.1, 0.15) is 16.7 Å². The second kappa shape index (κ2) is 6.39. The predicted molar refractivity (Wildman–Crippen MR) is 76.4 cm³/mol. The number of ether oxygens (including phenoxy) is 2. The first-order chi connectivity index (χ1) is 9.63. The van der Waals surface area contributed by atoms with E-state index in [9.17, 15) is 4.39 Å². The van der Waals surface area contributed by atoms with Crippen molar-refractivity contribution in [3.8, 4) is 11.5 Å². The van der Waals surface area contributed by atoms with E-state index < -0.39 is 0 Å². The first kappa shape index (κ1) is 14.3. The Morgan fingerprint density at radius 3 is 2.60 bits per heavy atom. The average molecular weight is 275 g/mol. The van der Waals surface area contributed by atoms with Crippen LogP contribution in [0.3, 0.4) is 0 Å². The highest BCUT2D eigenvalue weighted by atomic mass is 19.1. The minimum absolute atomic E-state index is 0.259. The molecule has 0 aromatic heterocycles. The largest absolute Gasteiger partial charge is 0.496 e. The van der Waals surface area contributed by atoms with Gasteiger partial charge < -0.3 is 15.2 Å². The minimum atomic E-state index is -0.358. The summed E-state index contributed by atoms with van der Waals surface area (Å²) in [6.07, 6.45) is 0. The van der Waals surface area contributed by atoms with Crippen LogP contribution >= 0.6 is 0 Å². The number of rotatable bonds is 5. The number of methoxy groups -OCH3 is 1. The summed E-state index contributed by atoms with van der Waals surface area (Å²) in [5.41, 5.74) is 8.45. The fraction of sp³-hybridized carbons (Fsp3) is 0.250. The number of hydrogen-bond donors (Lipinski definition) is 1. The van der Waals surface area contributed by atoms with E-state index >= 15 is 0 Å². The number of nitrogens with two attached hydrogens (primary N) is 1. The molecular weight excluding hydrogens is 257 g/mol. The molecular formula is C16H18FNO2. The standard InChI is InChI=1S/C16H18FNO2/c1-11-3-5-14(17)16(7-11)20-10-12-4-6-15(19-2)13(8-12)9-18/h3-8H,9-10,18H2,1-2H3. The molecule has 0 spiro atoms. The SMILES string of the molecule is COc1ccc(COc2cc(C)ccc2F)cc1CN. The van der Waals surface area contributed by atoms with Crippen molar-refractivity contribution in [3.63, 3.8) is 0 Å². The van der Waals surface area contributed by atoms with Gasteiger partial charge in [0.25, 0.3) is 0 Å². The molecule has 2 N–H and O–H groups in total. The van der Waals surface area contributed by atoms with E-state index in [0.717, 1.165) is 22.4 Å². The fourth-order valence-corrected chi connectivity index (χ4v) is 1.96. The second-order valence-corrected chi connectivity index (χ2v) is 4.57. The molecule has 0 radical (unpaired) electrons. The zero-order valence-electron chi connectivity index (χ0n) is 11.7. The lowest BCUT2D eigenvalue weighted by molar-refractivity contribution is 0.289. The van der Waals surface area contributed by atoms with Crippen LogP contribution in [0, 0.1) is 12.7 Å². The summed E-state index contributed by atoms with van der Waals surface area (Å²) < 4.78 is 24.3. The molecule has 106 valence electrons. The highest BCUT2D eigenvalue weighted by Gasteiger charge is 2.06. The maximum Gasteiger partial charge on any atom is 0.165 e. The summed E-state index contributed by atoms with van der Waals surface area (Å²) in [6.45, 7) is 2.57. The van der Waals surface area contributed by atoms with E-state index in [1.54, 1.807) is 19.2 Å². The van der Waals surface area contributed by atoms with Gasteiger partial charge in [-0.15, -0.1) is 0 Å². The lowest BCUT2D eigenvalue weighted by Gasteiger charge is -2.11. The summed E-state index contributed by atoms with van der Waals surface area (Å²) in [7, 11) is 1.60. The van der Waals surface area contributed by atoms with Gasteiger partial charge in [0, 0.05) is 12.1 Å². The summed E-state index contributed by atoms with van der Waals surface area (Å²) in [6, 6.07) is 10.4. The molecule has 0 aliphatic rings. The molecule has 0 unspecified atom stereocenters. The topological polar surface area (TPSA) is 44.5 Å². The third-order valence-corrected chi connectivity index (χ3v) is 3.05. The van der Waals surface area contributed by atoms with Gasteiger partial charge in [-0.1, -0.05) is 12.1 Å². The zero-order valence-corrected chi connectivity index (χ0v) is 11.7. The molecule has 4 heteroatoms. The first-order valence-electron chi connectivity index (χ1n) is 6.39. The quantitative estimate of drug-likeness (QED) is 0.911. The second-order valence-electron chi connectivity index (χ2n) is 4.57. The van der Waals surface area contributed by atoms with Gasteiger partial charge >= 0.3 is 0 Å². The van der Waals surface area contributed by atoms with Crippen molar-refractivity contribution in [3.05, 3.63) is 58.9 Å². The lowest BCUT2D eigenvalue weighted by Crippen LogP contribution is -2.03. The third kappa shape index (κ3) is 3.27. The molecule has 0 aliphatic heterocycles. The van der Waals surface area contributed by atoms with Gasteiger partial charge in [-0.05, 0) is 42.3 Å². The van der Waals surface area contributed by atoms with Gasteiger partial charge in [-0.2, -0.15) is 0 Å². The van der Waals surface area contributed by atoms with Crippen molar-refractivity contribution in [2.45, 2.75) is 20.1 Å². The molecule has 3 nitrogen and oxygen atoms in total. The maximum absolute atomic E-state index is 13.6. The average Bonchev–Trinajstić information content (AvgIpc) is 2.47. The molecule has 2 rings (SSSR count). The predicted octanol–water partition coefficient (Wildman–Crippen LogP) is 3.18. The van der Waals surface area contributed by atoms with Crippen LogP contribution in [0.5, 0.6) is 11.5 Å². The maximum atomic E-state index is 13.6. The molecule has 0 aliphatic carbocycles. The van der Waals surface area contributed by atoms with Gasteiger partial charge in [0.1, 0.15) is 12.4 Å². The van der Waals surface area contributed by atoms with E-state index in [1.165, 1.54) is 6.07 Å². The van der Waals surface area contributed by atoms with Gasteiger partial charge in [-0.3, -0.25) is 0 Å². The smallest absolute Gasteiger partial charge is 0.165 e. The summed E-state index contributed by atoms with van der Waals surface area (Å²) in [5.74, 6) is 0.649. The number of halogens is 1. The molecule has 0 heterocycles. The van der Waals surface area contributed by atoms with Gasteiger partial charge in [0.15, 0.2) is 11.6 Å². The molecule has 0 bridgehead atoms. The zero-order chi connectivity index (χ0) is 14.5. The normalized spacial score (nSPS) is 10.4. The van der Waals surface area contributed by atoms with E-state index in [-0.39, 0.29) is 18.2 Å². The van der Waals surface area contributed by atoms with Gasteiger partial charge in [-0.25, -0.2) is 4.39 Å². The van der Waals surface area contributed by atoms with Crippen molar-refractivity contribution in [2.75, 3.05) is 7.11 Å². The van der Waals surface area contributed by atoms with E-state index in [1.807, 2.05) is 25.1 Å². The molecule has 2 aromatic carbocycles. The van der Waals surface area contributed by atoms with Crippen LogP contribution in [0.2, 0.25) is 0 Å². The van der Waals surface area contributed by atoms with Gasteiger partial charge in [0.05, 0.1) is 7.11 Å². The third-order valence-electron chi connectivity index (χ3n) is 3.05. The molecule has 20 heavy (non-hydrogen) atoms. The molecule has 2 aromatic rings. The summed E-state index contributed by atoms with van der Waals surface area (Å²) in [4.78, 5) is 0. The monoisotopic (exact) mass is 275 g/mol. The van der Waals surface area contributed by atoms with Crippen LogP contribution in [-0.2, 0) is 13.2 Å². The molecule has 0 saturated heterocycles. The van der Waals surface area contributed by atoms with E-state index in [0.29, 0.717) is 6.54 Å². The Hall–Kier alpha value is -2.07. The van der Waals surface area contributed by atoms with Crippen molar-refractivity contribution in [2.24, 2.45) is 5.73 Å². The van der Waals surface area contributed by atoms with E-state index in [4.69, 9.17) is 15.2 Å². The van der Waals surface area contributed by atoms with Gasteiger partial charge in [0.2, 0.25) is 0 Å².